The van der Waals surface area contributed by atoms with Gasteiger partial charge in [0, 0.05) is 0 Å². The number of hydrogen-bond donors (Lipinski definition) is 1. The molecule has 0 radical (unpaired) electrons. The molecule has 0 amide bonds. The van der Waals surface area contributed by atoms with Gasteiger partial charge in [-0.15, -0.1) is 0 Å². The molecule has 0 aliphatic heterocycles. The van der Waals surface area contributed by atoms with Crippen LogP contribution in [0.2, 0.25) is 0 Å². The molecule has 1 unspecified atom stereocenters. The van der Waals surface area contributed by atoms with Crippen molar-refractivity contribution in [2.45, 2.75) is 40.0 Å². The Bertz CT molecular complexity index is 171. The van der Waals surface area contributed by atoms with Gasteiger partial charge in [-0.1, -0.05) is 31.9 Å². The van der Waals surface area contributed by atoms with Gasteiger partial charge in [0.25, 0.3) is 0 Å². The zero-order chi connectivity index (χ0) is 9.56. The number of hydrogen-bond acceptors (Lipinski definition) is 1. The monoisotopic (exact) mass is 170 g/mol. The summed E-state index contributed by atoms with van der Waals surface area (Å²) in [6.45, 7) is 5.92. The third-order valence-electron chi connectivity index (χ3n) is 2.10. The quantitative estimate of drug-likeness (QED) is 0.644. The molecule has 0 aliphatic carbocycles. The van der Waals surface area contributed by atoms with Crippen molar-refractivity contribution in [2.24, 2.45) is 5.92 Å². The lowest BCUT2D eigenvalue weighted by molar-refractivity contribution is -0.140. The molecule has 70 valence electrons. The predicted molar refractivity (Wildman–Crippen MR) is 50.1 cm³/mol. The maximum atomic E-state index is 10.8. The van der Waals surface area contributed by atoms with Crippen molar-refractivity contribution < 1.29 is 9.90 Å². The fourth-order valence-electron chi connectivity index (χ4n) is 1.41. The molecule has 0 aromatic carbocycles. The lowest BCUT2D eigenvalue weighted by Gasteiger charge is -2.13. The van der Waals surface area contributed by atoms with Crippen LogP contribution in [0, 0.1) is 5.92 Å². The number of allylic oxidation sites excluding steroid dienone is 1. The van der Waals surface area contributed by atoms with E-state index in [2.05, 4.69) is 0 Å². The van der Waals surface area contributed by atoms with Gasteiger partial charge in [-0.3, -0.25) is 4.79 Å². The molecule has 0 fully saturated rings. The van der Waals surface area contributed by atoms with E-state index in [1.165, 1.54) is 0 Å². The minimum Gasteiger partial charge on any atom is -0.481 e. The van der Waals surface area contributed by atoms with E-state index in [4.69, 9.17) is 5.11 Å². The first-order valence-electron chi connectivity index (χ1n) is 4.55. The minimum absolute atomic E-state index is 0.259. The summed E-state index contributed by atoms with van der Waals surface area (Å²) in [5.41, 5.74) is 1.05. The molecule has 0 aliphatic rings. The van der Waals surface area contributed by atoms with Gasteiger partial charge < -0.3 is 5.11 Å². The second kappa shape index (κ2) is 5.81. The van der Waals surface area contributed by atoms with Crippen molar-refractivity contribution in [3.05, 3.63) is 11.6 Å². The predicted octanol–water partition coefficient (Wildman–Crippen LogP) is 2.84. The summed E-state index contributed by atoms with van der Waals surface area (Å²) in [4.78, 5) is 10.8. The van der Waals surface area contributed by atoms with Crippen LogP contribution >= 0.6 is 0 Å². The molecular weight excluding hydrogens is 152 g/mol. The number of rotatable bonds is 5. The zero-order valence-electron chi connectivity index (χ0n) is 8.13. The van der Waals surface area contributed by atoms with E-state index in [0.717, 1.165) is 24.8 Å². The molecule has 0 spiro atoms. The fourth-order valence-corrected chi connectivity index (χ4v) is 1.41. The fraction of sp³-hybridized carbons (Fsp3) is 0.700. The number of aliphatic carboxylic acids is 1. The van der Waals surface area contributed by atoms with Crippen LogP contribution in [0.4, 0.5) is 0 Å². The molecule has 0 saturated carbocycles. The zero-order valence-corrected chi connectivity index (χ0v) is 8.13. The van der Waals surface area contributed by atoms with Crippen LogP contribution in [-0.4, -0.2) is 11.1 Å². The SMILES string of the molecule is C/C=C(\CC)C(CCC)C(=O)O. The van der Waals surface area contributed by atoms with E-state index < -0.39 is 5.97 Å². The second-order valence-corrected chi connectivity index (χ2v) is 2.90. The summed E-state index contributed by atoms with van der Waals surface area (Å²) >= 11 is 0. The first-order chi connectivity index (χ1) is 5.67. The van der Waals surface area contributed by atoms with Crippen molar-refractivity contribution >= 4 is 5.97 Å². The van der Waals surface area contributed by atoms with Crippen molar-refractivity contribution in [1.29, 1.82) is 0 Å². The molecule has 0 aromatic heterocycles. The van der Waals surface area contributed by atoms with Crippen molar-refractivity contribution in [2.75, 3.05) is 0 Å². The Hall–Kier alpha value is -0.790. The molecule has 0 bridgehead atoms. The molecule has 1 atom stereocenters. The Morgan fingerprint density at radius 2 is 2.08 bits per heavy atom. The molecule has 0 heterocycles. The van der Waals surface area contributed by atoms with Crippen molar-refractivity contribution in [3.63, 3.8) is 0 Å². The van der Waals surface area contributed by atoms with Gasteiger partial charge >= 0.3 is 5.97 Å². The molecule has 1 N–H and O–H groups in total. The van der Waals surface area contributed by atoms with E-state index in [-0.39, 0.29) is 5.92 Å². The van der Waals surface area contributed by atoms with Gasteiger partial charge in [-0.25, -0.2) is 0 Å². The lowest BCUT2D eigenvalue weighted by Crippen LogP contribution is -2.15. The van der Waals surface area contributed by atoms with Gasteiger partial charge in [0.05, 0.1) is 5.92 Å². The summed E-state index contributed by atoms with van der Waals surface area (Å²) in [5.74, 6) is -0.947. The molecule has 0 aromatic rings. The van der Waals surface area contributed by atoms with E-state index >= 15 is 0 Å². The van der Waals surface area contributed by atoms with Gasteiger partial charge in [-0.2, -0.15) is 0 Å². The smallest absolute Gasteiger partial charge is 0.310 e. The highest BCUT2D eigenvalue weighted by Gasteiger charge is 2.18. The Labute approximate surface area is 74.3 Å². The van der Waals surface area contributed by atoms with E-state index in [9.17, 15) is 4.79 Å². The summed E-state index contributed by atoms with van der Waals surface area (Å²) in [5, 5.41) is 8.90. The summed E-state index contributed by atoms with van der Waals surface area (Å²) in [7, 11) is 0. The second-order valence-electron chi connectivity index (χ2n) is 2.90. The highest BCUT2D eigenvalue weighted by atomic mass is 16.4. The largest absolute Gasteiger partial charge is 0.481 e. The average molecular weight is 170 g/mol. The van der Waals surface area contributed by atoms with Crippen LogP contribution in [0.5, 0.6) is 0 Å². The maximum absolute atomic E-state index is 10.8. The molecular formula is C10H18O2. The van der Waals surface area contributed by atoms with Crippen LogP contribution in [-0.2, 0) is 4.79 Å². The van der Waals surface area contributed by atoms with Gasteiger partial charge in [0.1, 0.15) is 0 Å². The molecule has 0 rings (SSSR count). The first-order valence-corrected chi connectivity index (χ1v) is 4.55. The van der Waals surface area contributed by atoms with Gasteiger partial charge in [-0.05, 0) is 19.8 Å². The highest BCUT2D eigenvalue weighted by Crippen LogP contribution is 2.20. The Morgan fingerprint density at radius 3 is 2.33 bits per heavy atom. The van der Waals surface area contributed by atoms with Crippen LogP contribution in [0.25, 0.3) is 0 Å². The van der Waals surface area contributed by atoms with Crippen molar-refractivity contribution in [3.8, 4) is 0 Å². The normalized spacial score (nSPS) is 14.4. The Balaban J connectivity index is 4.37. The van der Waals surface area contributed by atoms with Crippen LogP contribution in [0.15, 0.2) is 11.6 Å². The highest BCUT2D eigenvalue weighted by molar-refractivity contribution is 5.73. The summed E-state index contributed by atoms with van der Waals surface area (Å²) in [6, 6.07) is 0. The summed E-state index contributed by atoms with van der Waals surface area (Å²) in [6.07, 6.45) is 4.44. The maximum Gasteiger partial charge on any atom is 0.310 e. The minimum atomic E-state index is -0.688. The number of carbonyl (C=O) groups is 1. The van der Waals surface area contributed by atoms with Gasteiger partial charge in [0.15, 0.2) is 0 Å². The topological polar surface area (TPSA) is 37.3 Å². The molecule has 0 saturated heterocycles. The first kappa shape index (κ1) is 11.2. The molecule has 12 heavy (non-hydrogen) atoms. The van der Waals surface area contributed by atoms with Crippen LogP contribution in [0.1, 0.15) is 40.0 Å². The summed E-state index contributed by atoms with van der Waals surface area (Å²) < 4.78 is 0. The Morgan fingerprint density at radius 1 is 1.50 bits per heavy atom. The Kier molecular flexibility index (Phi) is 5.43. The van der Waals surface area contributed by atoms with E-state index in [1.807, 2.05) is 26.8 Å². The van der Waals surface area contributed by atoms with Gasteiger partial charge in [0.2, 0.25) is 0 Å². The third-order valence-corrected chi connectivity index (χ3v) is 2.10. The van der Waals surface area contributed by atoms with Crippen LogP contribution in [0.3, 0.4) is 0 Å². The number of carboxylic acid groups (broad SMARTS) is 1. The third kappa shape index (κ3) is 3.07. The molecule has 2 heteroatoms. The van der Waals surface area contributed by atoms with E-state index in [0.29, 0.717) is 0 Å². The molecule has 2 nitrogen and oxygen atoms in total. The van der Waals surface area contributed by atoms with E-state index in [1.54, 1.807) is 0 Å². The van der Waals surface area contributed by atoms with Crippen molar-refractivity contribution in [1.82, 2.24) is 0 Å². The standard InChI is InChI=1S/C10H18O2/c1-4-7-9(10(11)12)8(5-2)6-3/h5,9H,4,6-7H2,1-3H3,(H,11,12)/b8-5+. The lowest BCUT2D eigenvalue weighted by atomic mass is 9.92. The average Bonchev–Trinajstić information content (AvgIpc) is 2.05. The number of carboxylic acids is 1. The van der Waals surface area contributed by atoms with Crippen LogP contribution < -0.4 is 0 Å².